The average Bonchev–Trinajstić information content (AvgIpc) is 2.93. The molecule has 0 aliphatic rings. The molecule has 3 aromatic heterocycles. The zero-order chi connectivity index (χ0) is 11.8. The molecule has 0 aliphatic heterocycles. The van der Waals surface area contributed by atoms with Gasteiger partial charge in [-0.2, -0.15) is 0 Å². The number of aromatic nitrogens is 2. The molecule has 0 radical (unpaired) electrons. The fourth-order valence-corrected chi connectivity index (χ4v) is 2.70. The number of halogens is 1. The maximum absolute atomic E-state index is 10.9. The van der Waals surface area contributed by atoms with Gasteiger partial charge in [0.1, 0.15) is 5.65 Å². The van der Waals surface area contributed by atoms with Gasteiger partial charge in [0.05, 0.1) is 20.6 Å². The Bertz CT molecular complexity index is 701. The second-order valence-electron chi connectivity index (χ2n) is 3.53. The summed E-state index contributed by atoms with van der Waals surface area (Å²) >= 11 is 7.37. The van der Waals surface area contributed by atoms with Crippen LogP contribution in [0.1, 0.15) is 10.5 Å². The van der Waals surface area contributed by atoms with Crippen LogP contribution < -0.4 is 0 Å². The second kappa shape index (κ2) is 3.98. The van der Waals surface area contributed by atoms with E-state index in [-0.39, 0.29) is 0 Å². The fourth-order valence-electron chi connectivity index (χ4n) is 1.70. The normalized spacial score (nSPS) is 10.9. The maximum atomic E-state index is 10.9. The molecule has 0 saturated heterocycles. The summed E-state index contributed by atoms with van der Waals surface area (Å²) in [5.74, 6) is 0. The molecule has 0 N–H and O–H groups in total. The SMILES string of the molecule is O=Cc1cccc2nc(-c3ccc(Cl)s3)cn12. The quantitative estimate of drug-likeness (QED) is 0.662. The van der Waals surface area contributed by atoms with Gasteiger partial charge in [-0.15, -0.1) is 11.3 Å². The lowest BCUT2D eigenvalue weighted by Gasteiger charge is -1.94. The summed E-state index contributed by atoms with van der Waals surface area (Å²) in [6.07, 6.45) is 2.67. The van der Waals surface area contributed by atoms with E-state index in [0.717, 1.165) is 26.8 Å². The van der Waals surface area contributed by atoms with E-state index in [2.05, 4.69) is 4.98 Å². The summed E-state index contributed by atoms with van der Waals surface area (Å²) in [5, 5.41) is 0. The highest BCUT2D eigenvalue weighted by Crippen LogP contribution is 2.30. The molecule has 0 aliphatic carbocycles. The number of fused-ring (bicyclic) bond motifs is 1. The van der Waals surface area contributed by atoms with E-state index in [1.807, 2.05) is 30.5 Å². The molecule has 0 bridgehead atoms. The first-order chi connectivity index (χ1) is 8.28. The minimum atomic E-state index is 0.587. The van der Waals surface area contributed by atoms with Crippen molar-refractivity contribution in [3.05, 3.63) is 46.6 Å². The van der Waals surface area contributed by atoms with Crippen LogP contribution in [-0.2, 0) is 0 Å². The van der Waals surface area contributed by atoms with Crippen molar-refractivity contribution < 1.29 is 4.79 Å². The molecular weight excluding hydrogens is 256 g/mol. The number of nitrogens with zero attached hydrogens (tertiary/aromatic N) is 2. The molecule has 3 heterocycles. The van der Waals surface area contributed by atoms with Crippen LogP contribution in [0.25, 0.3) is 16.2 Å². The summed E-state index contributed by atoms with van der Waals surface area (Å²) in [7, 11) is 0. The van der Waals surface area contributed by atoms with Crippen molar-refractivity contribution in [3.63, 3.8) is 0 Å². The predicted octanol–water partition coefficient (Wildman–Crippen LogP) is 3.53. The van der Waals surface area contributed by atoms with Crippen molar-refractivity contribution in [2.24, 2.45) is 0 Å². The molecule has 3 aromatic rings. The zero-order valence-electron chi connectivity index (χ0n) is 8.63. The highest BCUT2D eigenvalue weighted by Gasteiger charge is 2.08. The summed E-state index contributed by atoms with van der Waals surface area (Å²) in [6.45, 7) is 0. The highest BCUT2D eigenvalue weighted by molar-refractivity contribution is 7.19. The van der Waals surface area contributed by atoms with Gasteiger partial charge in [0.25, 0.3) is 0 Å². The first kappa shape index (κ1) is 10.5. The lowest BCUT2D eigenvalue weighted by Crippen LogP contribution is -1.91. The van der Waals surface area contributed by atoms with Crippen molar-refractivity contribution in [2.45, 2.75) is 0 Å². The van der Waals surface area contributed by atoms with Gasteiger partial charge < -0.3 is 0 Å². The van der Waals surface area contributed by atoms with Crippen LogP contribution in [0.15, 0.2) is 36.5 Å². The summed E-state index contributed by atoms with van der Waals surface area (Å²) in [5.41, 5.74) is 2.18. The number of hydrogen-bond donors (Lipinski definition) is 0. The number of imidazole rings is 1. The largest absolute Gasteiger partial charge is 0.296 e. The molecule has 84 valence electrons. The van der Waals surface area contributed by atoms with Crippen LogP contribution in [0.2, 0.25) is 4.34 Å². The Balaban J connectivity index is 2.23. The Kier molecular flexibility index (Phi) is 2.46. The average molecular weight is 263 g/mol. The molecule has 0 atom stereocenters. The Morgan fingerprint density at radius 2 is 2.18 bits per heavy atom. The van der Waals surface area contributed by atoms with E-state index in [1.165, 1.54) is 11.3 Å². The number of hydrogen-bond acceptors (Lipinski definition) is 3. The van der Waals surface area contributed by atoms with E-state index in [4.69, 9.17) is 11.6 Å². The van der Waals surface area contributed by atoms with Gasteiger partial charge in [-0.25, -0.2) is 4.98 Å². The van der Waals surface area contributed by atoms with E-state index < -0.39 is 0 Å². The van der Waals surface area contributed by atoms with Crippen molar-refractivity contribution >= 4 is 34.9 Å². The van der Waals surface area contributed by atoms with Crippen LogP contribution in [0.4, 0.5) is 0 Å². The van der Waals surface area contributed by atoms with Crippen LogP contribution in [0, 0.1) is 0 Å². The minimum Gasteiger partial charge on any atom is -0.296 e. The standard InChI is InChI=1S/C12H7ClN2OS/c13-11-5-4-10(17-11)9-6-15-8(7-16)2-1-3-12(15)14-9/h1-7H. The van der Waals surface area contributed by atoms with Gasteiger partial charge in [0, 0.05) is 6.20 Å². The van der Waals surface area contributed by atoms with Crippen molar-refractivity contribution in [1.82, 2.24) is 9.38 Å². The Morgan fingerprint density at radius 1 is 1.29 bits per heavy atom. The van der Waals surface area contributed by atoms with Gasteiger partial charge in [-0.3, -0.25) is 9.20 Å². The third-order valence-electron chi connectivity index (χ3n) is 2.47. The topological polar surface area (TPSA) is 34.4 Å². The number of thiophene rings is 1. The molecule has 0 saturated carbocycles. The van der Waals surface area contributed by atoms with Gasteiger partial charge in [-0.05, 0) is 24.3 Å². The third kappa shape index (κ3) is 1.75. The van der Waals surface area contributed by atoms with Crippen molar-refractivity contribution in [2.75, 3.05) is 0 Å². The van der Waals surface area contributed by atoms with E-state index in [1.54, 1.807) is 10.5 Å². The number of rotatable bonds is 2. The molecule has 17 heavy (non-hydrogen) atoms. The Morgan fingerprint density at radius 3 is 2.88 bits per heavy atom. The minimum absolute atomic E-state index is 0.587. The summed E-state index contributed by atoms with van der Waals surface area (Å²) in [4.78, 5) is 16.4. The summed E-state index contributed by atoms with van der Waals surface area (Å²) in [6, 6.07) is 9.21. The molecular formula is C12H7ClN2OS. The van der Waals surface area contributed by atoms with Gasteiger partial charge in [0.15, 0.2) is 6.29 Å². The van der Waals surface area contributed by atoms with E-state index in [9.17, 15) is 4.79 Å². The van der Waals surface area contributed by atoms with Crippen molar-refractivity contribution in [1.29, 1.82) is 0 Å². The van der Waals surface area contributed by atoms with E-state index >= 15 is 0 Å². The second-order valence-corrected chi connectivity index (χ2v) is 5.24. The maximum Gasteiger partial charge on any atom is 0.166 e. The Hall–Kier alpha value is -1.65. The lowest BCUT2D eigenvalue weighted by molar-refractivity contribution is 0.111. The van der Waals surface area contributed by atoms with Crippen LogP contribution in [0.5, 0.6) is 0 Å². The molecule has 0 aromatic carbocycles. The van der Waals surface area contributed by atoms with Gasteiger partial charge in [-0.1, -0.05) is 17.7 Å². The Labute approximate surface area is 106 Å². The molecule has 3 nitrogen and oxygen atoms in total. The zero-order valence-corrected chi connectivity index (χ0v) is 10.2. The number of pyridine rings is 1. The smallest absolute Gasteiger partial charge is 0.166 e. The van der Waals surface area contributed by atoms with Crippen LogP contribution in [0.3, 0.4) is 0 Å². The van der Waals surface area contributed by atoms with Crippen LogP contribution in [-0.4, -0.2) is 15.7 Å². The predicted molar refractivity (Wildman–Crippen MR) is 68.9 cm³/mol. The lowest BCUT2D eigenvalue weighted by atomic mass is 10.3. The van der Waals surface area contributed by atoms with Gasteiger partial charge in [0.2, 0.25) is 0 Å². The monoisotopic (exact) mass is 262 g/mol. The first-order valence-corrected chi connectivity index (χ1v) is 6.16. The molecule has 0 fully saturated rings. The summed E-state index contributed by atoms with van der Waals surface area (Å²) < 4.78 is 2.50. The van der Waals surface area contributed by atoms with Crippen molar-refractivity contribution in [3.8, 4) is 10.6 Å². The number of carbonyl (C=O) groups excluding carboxylic acids is 1. The molecule has 0 unspecified atom stereocenters. The number of aldehydes is 1. The highest BCUT2D eigenvalue weighted by atomic mass is 35.5. The number of carbonyl (C=O) groups is 1. The van der Waals surface area contributed by atoms with Crippen LogP contribution >= 0.6 is 22.9 Å². The fraction of sp³-hybridized carbons (Fsp3) is 0. The van der Waals surface area contributed by atoms with Gasteiger partial charge >= 0.3 is 0 Å². The molecule has 3 rings (SSSR count). The third-order valence-corrected chi connectivity index (χ3v) is 3.72. The van der Waals surface area contributed by atoms with E-state index in [0.29, 0.717) is 5.69 Å². The molecule has 0 amide bonds. The molecule has 0 spiro atoms. The first-order valence-electron chi connectivity index (χ1n) is 4.97. The molecule has 5 heteroatoms.